The second-order valence-corrected chi connectivity index (χ2v) is 6.08. The lowest BCUT2D eigenvalue weighted by atomic mass is 10.2. The molecule has 108 valence electrons. The summed E-state index contributed by atoms with van der Waals surface area (Å²) in [4.78, 5) is 9.07. The highest BCUT2D eigenvalue weighted by Crippen LogP contribution is 2.27. The molecule has 0 bridgehead atoms. The van der Waals surface area contributed by atoms with Gasteiger partial charge in [-0.05, 0) is 44.0 Å². The first-order valence-corrected chi connectivity index (χ1v) is 7.51. The largest absolute Gasteiger partial charge is 0.322 e. The highest BCUT2D eigenvalue weighted by atomic mass is 35.5. The molecule has 2 heterocycles. The number of aryl methyl sites for hydroxylation is 2. The van der Waals surface area contributed by atoms with Crippen LogP contribution in [0.1, 0.15) is 34.9 Å². The van der Waals surface area contributed by atoms with Crippen molar-refractivity contribution in [3.63, 3.8) is 0 Å². The fourth-order valence-corrected chi connectivity index (χ4v) is 2.79. The maximum Gasteiger partial charge on any atom is 0.128 e. The van der Waals surface area contributed by atoms with Crippen molar-refractivity contribution in [2.24, 2.45) is 0 Å². The minimum absolute atomic E-state index is 0.129. The average Bonchev–Trinajstić information content (AvgIpc) is 2.82. The van der Waals surface area contributed by atoms with Crippen LogP contribution in [0.4, 0.5) is 0 Å². The number of alkyl halides is 1. The molecule has 2 aromatic heterocycles. The van der Waals surface area contributed by atoms with Gasteiger partial charge >= 0.3 is 0 Å². The molecule has 0 aliphatic rings. The Labute approximate surface area is 129 Å². The Morgan fingerprint density at radius 1 is 1.19 bits per heavy atom. The van der Waals surface area contributed by atoms with Crippen LogP contribution in [-0.2, 0) is 6.54 Å². The molecule has 21 heavy (non-hydrogen) atoms. The molecule has 0 saturated heterocycles. The van der Waals surface area contributed by atoms with E-state index in [1.54, 1.807) is 0 Å². The topological polar surface area (TPSA) is 30.7 Å². The van der Waals surface area contributed by atoms with Gasteiger partial charge in [-0.1, -0.05) is 18.2 Å². The fraction of sp³-hybridized carbons (Fsp3) is 0.294. The van der Waals surface area contributed by atoms with Crippen molar-refractivity contribution in [1.82, 2.24) is 14.5 Å². The third-order valence-corrected chi connectivity index (χ3v) is 3.86. The van der Waals surface area contributed by atoms with Crippen molar-refractivity contribution in [3.8, 4) is 0 Å². The van der Waals surface area contributed by atoms with E-state index < -0.39 is 0 Å². The van der Waals surface area contributed by atoms with E-state index in [1.807, 2.05) is 38.2 Å². The van der Waals surface area contributed by atoms with Gasteiger partial charge in [0.1, 0.15) is 5.82 Å². The third-order valence-electron chi connectivity index (χ3n) is 3.67. The summed E-state index contributed by atoms with van der Waals surface area (Å²) in [5, 5.41) is -0.129. The van der Waals surface area contributed by atoms with Gasteiger partial charge in [-0.25, -0.2) is 4.98 Å². The van der Waals surface area contributed by atoms with Crippen LogP contribution in [0, 0.1) is 13.8 Å². The van der Waals surface area contributed by atoms with E-state index in [2.05, 4.69) is 28.6 Å². The van der Waals surface area contributed by atoms with Gasteiger partial charge < -0.3 is 4.57 Å². The van der Waals surface area contributed by atoms with Gasteiger partial charge in [-0.15, -0.1) is 11.6 Å². The molecule has 0 amide bonds. The van der Waals surface area contributed by atoms with Crippen molar-refractivity contribution in [1.29, 1.82) is 0 Å². The van der Waals surface area contributed by atoms with E-state index in [-0.39, 0.29) is 5.38 Å². The number of rotatable bonds is 3. The van der Waals surface area contributed by atoms with E-state index in [0.717, 1.165) is 34.7 Å². The maximum atomic E-state index is 6.32. The molecule has 1 aromatic carbocycles. The van der Waals surface area contributed by atoms with Crippen molar-refractivity contribution in [2.45, 2.75) is 32.7 Å². The number of para-hydroxylation sites is 1. The molecule has 0 radical (unpaired) electrons. The molecule has 3 rings (SSSR count). The van der Waals surface area contributed by atoms with E-state index in [4.69, 9.17) is 16.6 Å². The summed E-state index contributed by atoms with van der Waals surface area (Å²) >= 11 is 6.32. The summed E-state index contributed by atoms with van der Waals surface area (Å²) in [6.07, 6.45) is 1.92. The Bertz CT molecular complexity index is 773. The zero-order chi connectivity index (χ0) is 15.0. The number of nitrogens with zero attached hydrogens (tertiary/aromatic N) is 3. The number of halogens is 1. The summed E-state index contributed by atoms with van der Waals surface area (Å²) in [6.45, 7) is 6.80. The minimum Gasteiger partial charge on any atom is -0.322 e. The first kappa shape index (κ1) is 14.1. The smallest absolute Gasteiger partial charge is 0.128 e. The Kier molecular flexibility index (Phi) is 3.68. The quantitative estimate of drug-likeness (QED) is 0.671. The normalized spacial score (nSPS) is 12.8. The molecule has 0 aliphatic carbocycles. The highest BCUT2D eigenvalue weighted by Gasteiger charge is 2.16. The van der Waals surface area contributed by atoms with Gasteiger partial charge in [-0.3, -0.25) is 4.98 Å². The van der Waals surface area contributed by atoms with Crippen LogP contribution in [0.15, 0.2) is 36.5 Å². The van der Waals surface area contributed by atoms with Crippen molar-refractivity contribution < 1.29 is 0 Å². The zero-order valence-electron chi connectivity index (χ0n) is 12.5. The Hall–Kier alpha value is -1.87. The number of hydrogen-bond donors (Lipinski definition) is 0. The molecule has 0 N–H and O–H groups in total. The highest BCUT2D eigenvalue weighted by molar-refractivity contribution is 6.20. The van der Waals surface area contributed by atoms with Gasteiger partial charge in [0.2, 0.25) is 0 Å². The Balaban J connectivity index is 2.15. The summed E-state index contributed by atoms with van der Waals surface area (Å²) in [6, 6.07) is 10.3. The lowest BCUT2D eigenvalue weighted by Gasteiger charge is -2.12. The van der Waals surface area contributed by atoms with E-state index in [1.165, 1.54) is 5.56 Å². The second-order valence-electron chi connectivity index (χ2n) is 5.42. The summed E-state index contributed by atoms with van der Waals surface area (Å²) in [5.74, 6) is 0.904. The lowest BCUT2D eigenvalue weighted by Crippen LogP contribution is -2.06. The van der Waals surface area contributed by atoms with Crippen LogP contribution in [0.2, 0.25) is 0 Å². The molecule has 0 saturated carbocycles. The Morgan fingerprint density at radius 2 is 2.00 bits per heavy atom. The molecule has 0 aliphatic heterocycles. The molecule has 0 fully saturated rings. The molecule has 3 aromatic rings. The molecule has 1 atom stereocenters. The fourth-order valence-electron chi connectivity index (χ4n) is 2.62. The first-order chi connectivity index (χ1) is 10.1. The lowest BCUT2D eigenvalue weighted by molar-refractivity contribution is 0.738. The summed E-state index contributed by atoms with van der Waals surface area (Å²) < 4.78 is 2.20. The van der Waals surface area contributed by atoms with Gasteiger partial charge in [0.25, 0.3) is 0 Å². The summed E-state index contributed by atoms with van der Waals surface area (Å²) in [5.41, 5.74) is 5.54. The molecule has 1 unspecified atom stereocenters. The molecule has 0 spiro atoms. The third kappa shape index (κ3) is 2.66. The predicted octanol–water partition coefficient (Wildman–Crippen LogP) is 4.40. The van der Waals surface area contributed by atoms with Crippen LogP contribution in [-0.4, -0.2) is 14.5 Å². The standard InChI is InChI=1S/C17H18ClN3/c1-11-5-4-6-15-16(11)21(17(20-15)13(3)18)10-14-8-7-12(2)19-9-14/h4-9,13H,10H2,1-3H3. The average molecular weight is 300 g/mol. The number of aromatic nitrogens is 3. The SMILES string of the molecule is Cc1ccc(Cn2c(C(C)Cl)nc3cccc(C)c32)cn1. The van der Waals surface area contributed by atoms with Crippen molar-refractivity contribution >= 4 is 22.6 Å². The molecule has 4 heteroatoms. The van der Waals surface area contributed by atoms with E-state index in [0.29, 0.717) is 0 Å². The maximum absolute atomic E-state index is 6.32. The number of hydrogen-bond acceptors (Lipinski definition) is 2. The van der Waals surface area contributed by atoms with E-state index in [9.17, 15) is 0 Å². The monoisotopic (exact) mass is 299 g/mol. The van der Waals surface area contributed by atoms with Crippen molar-refractivity contribution in [2.75, 3.05) is 0 Å². The second kappa shape index (κ2) is 5.49. The molecular formula is C17H18ClN3. The minimum atomic E-state index is -0.129. The summed E-state index contributed by atoms with van der Waals surface area (Å²) in [7, 11) is 0. The van der Waals surface area contributed by atoms with Crippen LogP contribution in [0.3, 0.4) is 0 Å². The van der Waals surface area contributed by atoms with Crippen LogP contribution < -0.4 is 0 Å². The van der Waals surface area contributed by atoms with Gasteiger partial charge in [0.05, 0.1) is 23.0 Å². The van der Waals surface area contributed by atoms with Crippen LogP contribution in [0.25, 0.3) is 11.0 Å². The number of pyridine rings is 1. The molecular weight excluding hydrogens is 282 g/mol. The first-order valence-electron chi connectivity index (χ1n) is 7.07. The number of fused-ring (bicyclic) bond motifs is 1. The predicted molar refractivity (Wildman–Crippen MR) is 86.8 cm³/mol. The van der Waals surface area contributed by atoms with Crippen molar-refractivity contribution in [3.05, 3.63) is 59.2 Å². The number of benzene rings is 1. The van der Waals surface area contributed by atoms with Crippen LogP contribution in [0.5, 0.6) is 0 Å². The van der Waals surface area contributed by atoms with Gasteiger partial charge in [0, 0.05) is 11.9 Å². The number of imidazole rings is 1. The zero-order valence-corrected chi connectivity index (χ0v) is 13.2. The Morgan fingerprint density at radius 3 is 2.67 bits per heavy atom. The van der Waals surface area contributed by atoms with E-state index >= 15 is 0 Å². The van der Waals surface area contributed by atoms with Gasteiger partial charge in [0.15, 0.2) is 0 Å². The molecule has 3 nitrogen and oxygen atoms in total. The van der Waals surface area contributed by atoms with Crippen LogP contribution >= 0.6 is 11.6 Å². The van der Waals surface area contributed by atoms with Gasteiger partial charge in [-0.2, -0.15) is 0 Å².